The van der Waals surface area contributed by atoms with Crippen molar-refractivity contribution in [3.8, 4) is 0 Å². The highest BCUT2D eigenvalue weighted by Crippen LogP contribution is 2.46. The van der Waals surface area contributed by atoms with Crippen LogP contribution in [0, 0.1) is 0 Å². The molecule has 0 radical (unpaired) electrons. The summed E-state index contributed by atoms with van der Waals surface area (Å²) in [6.45, 7) is 13.3. The van der Waals surface area contributed by atoms with Crippen molar-refractivity contribution in [1.29, 1.82) is 0 Å². The Hall–Kier alpha value is -1.02. The maximum atomic E-state index is 5.89. The van der Waals surface area contributed by atoms with E-state index in [2.05, 4.69) is 57.7 Å². The van der Waals surface area contributed by atoms with E-state index in [1.807, 2.05) is 0 Å². The third-order valence-electron chi connectivity index (χ3n) is 4.67. The van der Waals surface area contributed by atoms with Crippen molar-refractivity contribution in [3.05, 3.63) is 29.3 Å². The van der Waals surface area contributed by atoms with E-state index < -0.39 is 0 Å². The monoisotopic (exact) mass is 287 g/mol. The summed E-state index contributed by atoms with van der Waals surface area (Å²) < 4.78 is 5.89. The summed E-state index contributed by atoms with van der Waals surface area (Å²) in [5.41, 5.74) is 4.71. The summed E-state index contributed by atoms with van der Waals surface area (Å²) in [6.07, 6.45) is 3.36. The third kappa shape index (κ3) is 3.26. The van der Waals surface area contributed by atoms with Crippen LogP contribution in [-0.2, 0) is 10.2 Å². The number of morpholine rings is 1. The highest BCUT2D eigenvalue weighted by atomic mass is 16.5. The topological polar surface area (TPSA) is 12.5 Å². The highest BCUT2D eigenvalue weighted by molar-refractivity contribution is 5.59. The van der Waals surface area contributed by atoms with Crippen molar-refractivity contribution >= 4 is 5.69 Å². The fourth-order valence-electron chi connectivity index (χ4n) is 3.40. The molecular weight excluding hydrogens is 258 g/mol. The van der Waals surface area contributed by atoms with Crippen molar-refractivity contribution in [2.45, 2.75) is 71.0 Å². The van der Waals surface area contributed by atoms with Crippen molar-refractivity contribution in [2.24, 2.45) is 0 Å². The van der Waals surface area contributed by atoms with E-state index in [1.54, 1.807) is 5.56 Å². The van der Waals surface area contributed by atoms with Gasteiger partial charge in [0.25, 0.3) is 0 Å². The van der Waals surface area contributed by atoms with Crippen LogP contribution in [0.25, 0.3) is 0 Å². The summed E-state index contributed by atoms with van der Waals surface area (Å²) in [5.74, 6) is 0.788. The zero-order valence-corrected chi connectivity index (χ0v) is 14.1. The maximum absolute atomic E-state index is 5.89. The molecule has 2 nitrogen and oxygen atoms in total. The van der Waals surface area contributed by atoms with Gasteiger partial charge in [-0.1, -0.05) is 32.9 Å². The Balaban J connectivity index is 1.94. The molecule has 1 aromatic carbocycles. The quantitative estimate of drug-likeness (QED) is 0.795. The Kier molecular flexibility index (Phi) is 3.77. The summed E-state index contributed by atoms with van der Waals surface area (Å²) in [4.78, 5) is 2.54. The molecule has 116 valence electrons. The molecule has 21 heavy (non-hydrogen) atoms. The van der Waals surface area contributed by atoms with Gasteiger partial charge >= 0.3 is 0 Å². The average molecular weight is 287 g/mol. The normalized spacial score (nSPS) is 27.0. The van der Waals surface area contributed by atoms with Crippen LogP contribution in [0.1, 0.15) is 64.5 Å². The van der Waals surface area contributed by atoms with Crippen molar-refractivity contribution in [3.63, 3.8) is 0 Å². The zero-order chi connectivity index (χ0) is 15.2. The van der Waals surface area contributed by atoms with Gasteiger partial charge in [0, 0.05) is 18.8 Å². The summed E-state index contributed by atoms with van der Waals surface area (Å²) in [6, 6.07) is 7.16. The van der Waals surface area contributed by atoms with Crippen LogP contribution in [0.2, 0.25) is 0 Å². The van der Waals surface area contributed by atoms with Crippen molar-refractivity contribution < 1.29 is 4.74 Å². The molecule has 0 N–H and O–H groups in total. The number of ether oxygens (including phenoxy) is 1. The van der Waals surface area contributed by atoms with E-state index in [-0.39, 0.29) is 5.41 Å². The lowest BCUT2D eigenvalue weighted by atomic mass is 9.85. The molecule has 0 amide bonds. The van der Waals surface area contributed by atoms with Crippen molar-refractivity contribution in [1.82, 2.24) is 0 Å². The molecule has 2 fully saturated rings. The molecule has 1 heterocycles. The van der Waals surface area contributed by atoms with Gasteiger partial charge in [0.15, 0.2) is 0 Å². The van der Waals surface area contributed by atoms with Crippen LogP contribution in [-0.4, -0.2) is 25.3 Å². The van der Waals surface area contributed by atoms with Gasteiger partial charge in [0.1, 0.15) is 0 Å². The molecule has 2 unspecified atom stereocenters. The van der Waals surface area contributed by atoms with Gasteiger partial charge in [-0.15, -0.1) is 0 Å². The van der Waals surface area contributed by atoms with Crippen LogP contribution < -0.4 is 4.90 Å². The number of hydrogen-bond acceptors (Lipinski definition) is 2. The fourth-order valence-corrected chi connectivity index (χ4v) is 3.40. The molecule has 1 aliphatic carbocycles. The number of anilines is 1. The standard InChI is InChI=1S/C19H29NO/c1-13-11-20(12-14(2)21-13)18-9-8-16(19(3,4)5)10-17(18)15-6-7-15/h8-10,13-15H,6-7,11-12H2,1-5H3. The van der Waals surface area contributed by atoms with E-state index in [0.29, 0.717) is 12.2 Å². The van der Waals surface area contributed by atoms with Gasteiger partial charge in [-0.2, -0.15) is 0 Å². The second-order valence-corrected chi connectivity index (χ2v) is 7.96. The van der Waals surface area contributed by atoms with E-state index in [9.17, 15) is 0 Å². The number of rotatable bonds is 2. The fraction of sp³-hybridized carbons (Fsp3) is 0.684. The first-order valence-electron chi connectivity index (χ1n) is 8.39. The Morgan fingerprint density at radius 3 is 2.19 bits per heavy atom. The molecule has 0 bridgehead atoms. The molecule has 0 spiro atoms. The van der Waals surface area contributed by atoms with Crippen LogP contribution >= 0.6 is 0 Å². The van der Waals surface area contributed by atoms with Crippen LogP contribution in [0.3, 0.4) is 0 Å². The molecule has 2 atom stereocenters. The Morgan fingerprint density at radius 1 is 1.05 bits per heavy atom. The average Bonchev–Trinajstić information content (AvgIpc) is 3.20. The van der Waals surface area contributed by atoms with Gasteiger partial charge < -0.3 is 9.64 Å². The van der Waals surface area contributed by atoms with E-state index in [0.717, 1.165) is 19.0 Å². The Morgan fingerprint density at radius 2 is 1.67 bits per heavy atom. The summed E-state index contributed by atoms with van der Waals surface area (Å²) in [7, 11) is 0. The zero-order valence-electron chi connectivity index (χ0n) is 14.1. The predicted octanol–water partition coefficient (Wildman–Crippen LogP) is 4.48. The minimum atomic E-state index is 0.230. The van der Waals surface area contributed by atoms with Gasteiger partial charge in [-0.25, -0.2) is 0 Å². The van der Waals surface area contributed by atoms with Gasteiger partial charge in [0.2, 0.25) is 0 Å². The van der Waals surface area contributed by atoms with Gasteiger partial charge in [-0.05, 0) is 55.2 Å². The first-order chi connectivity index (χ1) is 9.84. The number of benzene rings is 1. The molecular formula is C19H29NO. The SMILES string of the molecule is CC1CN(c2ccc(C(C)(C)C)cc2C2CC2)CC(C)O1. The first-order valence-corrected chi connectivity index (χ1v) is 8.39. The van der Waals surface area contributed by atoms with E-state index in [1.165, 1.54) is 24.1 Å². The molecule has 3 rings (SSSR count). The number of nitrogens with zero attached hydrogens (tertiary/aromatic N) is 1. The first kappa shape index (κ1) is 14.9. The molecule has 2 heteroatoms. The largest absolute Gasteiger partial charge is 0.372 e. The Labute approximate surface area is 129 Å². The lowest BCUT2D eigenvalue weighted by molar-refractivity contribution is -0.00526. The molecule has 1 saturated carbocycles. The minimum absolute atomic E-state index is 0.230. The van der Waals surface area contributed by atoms with Gasteiger partial charge in [-0.3, -0.25) is 0 Å². The van der Waals surface area contributed by atoms with Crippen LogP contribution in [0.5, 0.6) is 0 Å². The lowest BCUT2D eigenvalue weighted by Gasteiger charge is -2.38. The van der Waals surface area contributed by atoms with E-state index in [4.69, 9.17) is 4.74 Å². The van der Waals surface area contributed by atoms with Crippen LogP contribution in [0.15, 0.2) is 18.2 Å². The Bertz CT molecular complexity index is 503. The summed E-state index contributed by atoms with van der Waals surface area (Å²) >= 11 is 0. The minimum Gasteiger partial charge on any atom is -0.372 e. The van der Waals surface area contributed by atoms with E-state index >= 15 is 0 Å². The molecule has 1 aliphatic heterocycles. The second kappa shape index (κ2) is 5.31. The van der Waals surface area contributed by atoms with Gasteiger partial charge in [0.05, 0.1) is 12.2 Å². The molecule has 1 saturated heterocycles. The molecule has 2 aliphatic rings. The lowest BCUT2D eigenvalue weighted by Crippen LogP contribution is -2.45. The van der Waals surface area contributed by atoms with Crippen molar-refractivity contribution in [2.75, 3.05) is 18.0 Å². The maximum Gasteiger partial charge on any atom is 0.0726 e. The summed E-state index contributed by atoms with van der Waals surface area (Å²) in [5, 5.41) is 0. The molecule has 1 aromatic rings. The highest BCUT2D eigenvalue weighted by Gasteiger charge is 2.31. The van der Waals surface area contributed by atoms with Crippen LogP contribution in [0.4, 0.5) is 5.69 Å². The number of hydrogen-bond donors (Lipinski definition) is 0. The third-order valence-corrected chi connectivity index (χ3v) is 4.67. The second-order valence-electron chi connectivity index (χ2n) is 7.96. The molecule has 0 aromatic heterocycles. The smallest absolute Gasteiger partial charge is 0.0726 e. The predicted molar refractivity (Wildman–Crippen MR) is 89.3 cm³/mol.